The number of hydrogen-bond acceptors (Lipinski definition) is 3. The first-order valence-electron chi connectivity index (χ1n) is 4.80. The Morgan fingerprint density at radius 2 is 2.08 bits per heavy atom. The molecule has 1 aromatic heterocycles. The summed E-state index contributed by atoms with van der Waals surface area (Å²) in [6.45, 7) is 2.36. The Hall–Kier alpha value is -1.25. The molecule has 0 amide bonds. The molecular weight excluding hydrogens is 162 g/mol. The van der Waals surface area contributed by atoms with Crippen LogP contribution in [0, 0.1) is 11.8 Å². The molecule has 3 rings (SSSR count). The second kappa shape index (κ2) is 2.37. The summed E-state index contributed by atoms with van der Waals surface area (Å²) in [7, 11) is 0. The second-order valence-electron chi connectivity index (χ2n) is 4.08. The van der Waals surface area contributed by atoms with Crippen LogP contribution in [0.2, 0.25) is 0 Å². The molecule has 2 fully saturated rings. The van der Waals surface area contributed by atoms with Gasteiger partial charge in [-0.2, -0.15) is 0 Å². The predicted molar refractivity (Wildman–Crippen MR) is 52.5 cm³/mol. The number of nitrogens with zero attached hydrogens (tertiary/aromatic N) is 2. The van der Waals surface area contributed by atoms with E-state index in [-0.39, 0.29) is 0 Å². The minimum atomic E-state index is 0.623. The van der Waals surface area contributed by atoms with Crippen LogP contribution in [0.5, 0.6) is 0 Å². The fraction of sp³-hybridized carbons (Fsp3) is 0.500. The minimum Gasteiger partial charge on any atom is -0.384 e. The third kappa shape index (κ3) is 1.15. The van der Waals surface area contributed by atoms with Crippen molar-refractivity contribution in [3.05, 3.63) is 18.2 Å². The Balaban J connectivity index is 1.84. The number of nitrogen functional groups attached to an aromatic ring is 1. The standard InChI is InChI=1S/C10H13N3/c11-9-2-1-3-10(12-9)13-5-7-4-8(7)6-13/h1-3,7-8H,4-6H2,(H2,11,12)/t7-,8-/m1/s1. The van der Waals surface area contributed by atoms with E-state index in [1.807, 2.05) is 18.2 Å². The van der Waals surface area contributed by atoms with Gasteiger partial charge in [-0.25, -0.2) is 4.98 Å². The van der Waals surface area contributed by atoms with E-state index < -0.39 is 0 Å². The summed E-state index contributed by atoms with van der Waals surface area (Å²) >= 11 is 0. The Morgan fingerprint density at radius 3 is 2.77 bits per heavy atom. The van der Waals surface area contributed by atoms with Crippen LogP contribution in [-0.4, -0.2) is 18.1 Å². The van der Waals surface area contributed by atoms with Gasteiger partial charge < -0.3 is 10.6 Å². The van der Waals surface area contributed by atoms with Gasteiger partial charge in [-0.3, -0.25) is 0 Å². The predicted octanol–water partition coefficient (Wildman–Crippen LogP) is 1.12. The highest BCUT2D eigenvalue weighted by Crippen LogP contribution is 2.45. The van der Waals surface area contributed by atoms with Gasteiger partial charge >= 0.3 is 0 Å². The number of anilines is 2. The maximum Gasteiger partial charge on any atom is 0.130 e. The SMILES string of the molecule is Nc1cccc(N2C[C@H]3C[C@@H]3C2)n1. The molecule has 1 saturated heterocycles. The highest BCUT2D eigenvalue weighted by Gasteiger charge is 2.45. The van der Waals surface area contributed by atoms with Gasteiger partial charge in [0.25, 0.3) is 0 Å². The fourth-order valence-electron chi connectivity index (χ4n) is 2.20. The van der Waals surface area contributed by atoms with Crippen LogP contribution in [0.15, 0.2) is 18.2 Å². The van der Waals surface area contributed by atoms with E-state index in [0.717, 1.165) is 17.7 Å². The lowest BCUT2D eigenvalue weighted by atomic mass is 10.4. The molecule has 2 N–H and O–H groups in total. The van der Waals surface area contributed by atoms with Gasteiger partial charge in [0.05, 0.1) is 0 Å². The molecule has 0 bridgehead atoms. The molecule has 0 unspecified atom stereocenters. The molecule has 2 heterocycles. The van der Waals surface area contributed by atoms with Crippen LogP contribution < -0.4 is 10.6 Å². The number of pyridine rings is 1. The molecule has 0 radical (unpaired) electrons. The van der Waals surface area contributed by atoms with E-state index in [9.17, 15) is 0 Å². The summed E-state index contributed by atoms with van der Waals surface area (Å²) in [6, 6.07) is 5.85. The van der Waals surface area contributed by atoms with E-state index in [2.05, 4.69) is 9.88 Å². The average molecular weight is 175 g/mol. The summed E-state index contributed by atoms with van der Waals surface area (Å²) in [5, 5.41) is 0. The van der Waals surface area contributed by atoms with Crippen molar-refractivity contribution in [1.29, 1.82) is 0 Å². The molecule has 3 heteroatoms. The monoisotopic (exact) mass is 175 g/mol. The Labute approximate surface area is 77.6 Å². The van der Waals surface area contributed by atoms with Gasteiger partial charge in [-0.1, -0.05) is 6.07 Å². The molecular formula is C10H13N3. The van der Waals surface area contributed by atoms with Crippen molar-refractivity contribution in [3.8, 4) is 0 Å². The summed E-state index contributed by atoms with van der Waals surface area (Å²) in [5.74, 6) is 3.57. The first kappa shape index (κ1) is 7.18. The van der Waals surface area contributed by atoms with E-state index in [1.54, 1.807) is 0 Å². The molecule has 2 aliphatic rings. The molecule has 1 aliphatic heterocycles. The van der Waals surface area contributed by atoms with Gasteiger partial charge in [0, 0.05) is 13.1 Å². The van der Waals surface area contributed by atoms with Crippen LogP contribution in [0.4, 0.5) is 11.6 Å². The number of hydrogen-bond donors (Lipinski definition) is 1. The molecule has 13 heavy (non-hydrogen) atoms. The van der Waals surface area contributed by atoms with E-state index in [4.69, 9.17) is 5.73 Å². The maximum atomic E-state index is 5.63. The first-order valence-corrected chi connectivity index (χ1v) is 4.80. The maximum absolute atomic E-state index is 5.63. The normalized spacial score (nSPS) is 30.3. The largest absolute Gasteiger partial charge is 0.384 e. The first-order chi connectivity index (χ1) is 6.33. The lowest BCUT2D eigenvalue weighted by Gasteiger charge is -2.18. The van der Waals surface area contributed by atoms with Gasteiger partial charge in [0.2, 0.25) is 0 Å². The quantitative estimate of drug-likeness (QED) is 0.695. The zero-order chi connectivity index (χ0) is 8.84. The van der Waals surface area contributed by atoms with Gasteiger partial charge in [-0.15, -0.1) is 0 Å². The molecule has 3 nitrogen and oxygen atoms in total. The van der Waals surface area contributed by atoms with Crippen molar-refractivity contribution in [2.24, 2.45) is 11.8 Å². The highest BCUT2D eigenvalue weighted by atomic mass is 15.2. The number of piperidine rings is 1. The number of aromatic nitrogens is 1. The summed E-state index contributed by atoms with van der Waals surface area (Å²) < 4.78 is 0. The molecule has 68 valence electrons. The van der Waals surface area contributed by atoms with Crippen molar-refractivity contribution in [2.75, 3.05) is 23.7 Å². The van der Waals surface area contributed by atoms with E-state index >= 15 is 0 Å². The second-order valence-corrected chi connectivity index (χ2v) is 4.08. The summed E-state index contributed by atoms with van der Waals surface area (Å²) in [6.07, 6.45) is 1.43. The van der Waals surface area contributed by atoms with Crippen LogP contribution in [-0.2, 0) is 0 Å². The number of nitrogens with two attached hydrogens (primary N) is 1. The van der Waals surface area contributed by atoms with Crippen molar-refractivity contribution < 1.29 is 0 Å². The molecule has 1 saturated carbocycles. The van der Waals surface area contributed by atoms with E-state index in [1.165, 1.54) is 19.5 Å². The van der Waals surface area contributed by atoms with E-state index in [0.29, 0.717) is 5.82 Å². The minimum absolute atomic E-state index is 0.623. The van der Waals surface area contributed by atoms with Crippen molar-refractivity contribution >= 4 is 11.6 Å². The highest BCUT2D eigenvalue weighted by molar-refractivity contribution is 5.46. The summed E-state index contributed by atoms with van der Waals surface area (Å²) in [5.41, 5.74) is 5.63. The van der Waals surface area contributed by atoms with Gasteiger partial charge in [0.1, 0.15) is 11.6 Å². The third-order valence-corrected chi connectivity index (χ3v) is 3.06. The Kier molecular flexibility index (Phi) is 1.31. The molecule has 0 spiro atoms. The van der Waals surface area contributed by atoms with Crippen LogP contribution in [0.25, 0.3) is 0 Å². The molecule has 1 aromatic rings. The Morgan fingerprint density at radius 1 is 1.31 bits per heavy atom. The van der Waals surface area contributed by atoms with Crippen molar-refractivity contribution in [1.82, 2.24) is 4.98 Å². The fourth-order valence-corrected chi connectivity index (χ4v) is 2.20. The third-order valence-electron chi connectivity index (χ3n) is 3.06. The molecule has 1 aliphatic carbocycles. The lowest BCUT2D eigenvalue weighted by Crippen LogP contribution is -2.22. The van der Waals surface area contributed by atoms with Crippen LogP contribution >= 0.6 is 0 Å². The average Bonchev–Trinajstić information content (AvgIpc) is 2.74. The zero-order valence-corrected chi connectivity index (χ0v) is 7.48. The molecule has 2 atom stereocenters. The topological polar surface area (TPSA) is 42.1 Å². The van der Waals surface area contributed by atoms with Gasteiger partial charge in [0.15, 0.2) is 0 Å². The molecule has 0 aromatic carbocycles. The smallest absolute Gasteiger partial charge is 0.130 e. The lowest BCUT2D eigenvalue weighted by molar-refractivity contribution is 0.806. The van der Waals surface area contributed by atoms with Crippen LogP contribution in [0.3, 0.4) is 0 Å². The van der Waals surface area contributed by atoms with Crippen molar-refractivity contribution in [2.45, 2.75) is 6.42 Å². The van der Waals surface area contributed by atoms with Crippen LogP contribution in [0.1, 0.15) is 6.42 Å². The number of fused-ring (bicyclic) bond motifs is 1. The number of rotatable bonds is 1. The zero-order valence-electron chi connectivity index (χ0n) is 7.48. The van der Waals surface area contributed by atoms with Gasteiger partial charge in [-0.05, 0) is 30.4 Å². The summed E-state index contributed by atoms with van der Waals surface area (Å²) in [4.78, 5) is 6.66. The Bertz CT molecular complexity index is 327. The van der Waals surface area contributed by atoms with Crippen molar-refractivity contribution in [3.63, 3.8) is 0 Å².